The van der Waals surface area contributed by atoms with Gasteiger partial charge in [-0.3, -0.25) is 0 Å². The molecule has 2 heteroatoms. The fourth-order valence-electron chi connectivity index (χ4n) is 2.39. The molecule has 1 nitrogen and oxygen atoms in total. The van der Waals surface area contributed by atoms with Crippen LogP contribution in [0.25, 0.3) is 21.2 Å². The van der Waals surface area contributed by atoms with Crippen molar-refractivity contribution in [3.05, 3.63) is 59.5 Å². The predicted octanol–water partition coefficient (Wildman–Crippen LogP) is 4.98. The Bertz CT molecular complexity index is 699. The molecule has 0 fully saturated rings. The largest absolute Gasteiger partial charge is 0.324 e. The quantitative estimate of drug-likeness (QED) is 0.711. The van der Waals surface area contributed by atoms with E-state index in [4.69, 9.17) is 5.73 Å². The van der Waals surface area contributed by atoms with Gasteiger partial charge < -0.3 is 5.73 Å². The molecule has 2 N–H and O–H groups in total. The summed E-state index contributed by atoms with van der Waals surface area (Å²) in [4.78, 5) is 0. The van der Waals surface area contributed by atoms with Crippen molar-refractivity contribution < 1.29 is 0 Å². The number of hydrogen-bond donors (Lipinski definition) is 1. The topological polar surface area (TPSA) is 26.0 Å². The van der Waals surface area contributed by atoms with Gasteiger partial charge in [-0.2, -0.15) is 0 Å². The average molecular weight is 267 g/mol. The molecule has 3 aromatic rings. The molecular formula is C17H17NS. The lowest BCUT2D eigenvalue weighted by Crippen LogP contribution is -2.08. The normalized spacial score (nSPS) is 12.7. The molecule has 0 aliphatic rings. The van der Waals surface area contributed by atoms with Crippen LogP contribution in [0.15, 0.2) is 53.9 Å². The third-order valence-electron chi connectivity index (χ3n) is 3.54. The summed E-state index contributed by atoms with van der Waals surface area (Å²) in [6.07, 6.45) is 0.965. The van der Waals surface area contributed by atoms with Crippen molar-refractivity contribution in [1.29, 1.82) is 0 Å². The molecule has 2 aromatic carbocycles. The van der Waals surface area contributed by atoms with Gasteiger partial charge in [-0.05, 0) is 46.0 Å². The molecule has 1 atom stereocenters. The minimum atomic E-state index is 0.127. The maximum Gasteiger partial charge on any atom is 0.0421 e. The number of benzene rings is 2. The molecule has 0 amide bonds. The van der Waals surface area contributed by atoms with Crippen LogP contribution < -0.4 is 5.73 Å². The van der Waals surface area contributed by atoms with Gasteiger partial charge in [0, 0.05) is 10.7 Å². The lowest BCUT2D eigenvalue weighted by atomic mass is 9.98. The zero-order valence-electron chi connectivity index (χ0n) is 11.0. The third kappa shape index (κ3) is 2.29. The average Bonchev–Trinajstić information content (AvgIpc) is 2.94. The SMILES string of the molecule is CCC(N)c1cccc(-c2cccc3ccsc23)c1. The molecule has 19 heavy (non-hydrogen) atoms. The predicted molar refractivity (Wildman–Crippen MR) is 84.5 cm³/mol. The number of hydrogen-bond acceptors (Lipinski definition) is 2. The van der Waals surface area contributed by atoms with Crippen LogP contribution in [-0.4, -0.2) is 0 Å². The zero-order valence-corrected chi connectivity index (χ0v) is 11.8. The Morgan fingerprint density at radius 1 is 1.11 bits per heavy atom. The van der Waals surface area contributed by atoms with Crippen LogP contribution in [0.3, 0.4) is 0 Å². The Balaban J connectivity index is 2.14. The van der Waals surface area contributed by atoms with Gasteiger partial charge in [0.2, 0.25) is 0 Å². The van der Waals surface area contributed by atoms with E-state index in [9.17, 15) is 0 Å². The molecule has 0 aliphatic heterocycles. The summed E-state index contributed by atoms with van der Waals surface area (Å²) < 4.78 is 1.35. The fraction of sp³-hybridized carbons (Fsp3) is 0.176. The molecule has 0 saturated heterocycles. The molecule has 96 valence electrons. The zero-order chi connectivity index (χ0) is 13.2. The van der Waals surface area contributed by atoms with Crippen molar-refractivity contribution in [2.24, 2.45) is 5.73 Å². The van der Waals surface area contributed by atoms with Gasteiger partial charge in [-0.25, -0.2) is 0 Å². The molecule has 0 bridgehead atoms. The highest BCUT2D eigenvalue weighted by molar-refractivity contribution is 7.17. The van der Waals surface area contributed by atoms with E-state index in [1.165, 1.54) is 26.8 Å². The summed E-state index contributed by atoms with van der Waals surface area (Å²) in [5.41, 5.74) is 9.91. The second kappa shape index (κ2) is 5.16. The standard InChI is InChI=1S/C17H17NS/c1-2-16(18)14-7-3-6-13(11-14)15-8-4-5-12-9-10-19-17(12)15/h3-11,16H,2,18H2,1H3. The second-order valence-electron chi connectivity index (χ2n) is 4.78. The first kappa shape index (κ1) is 12.4. The van der Waals surface area contributed by atoms with Crippen LogP contribution in [0, 0.1) is 0 Å². The van der Waals surface area contributed by atoms with Crippen LogP contribution in [0.4, 0.5) is 0 Å². The van der Waals surface area contributed by atoms with Gasteiger partial charge in [0.25, 0.3) is 0 Å². The maximum absolute atomic E-state index is 6.14. The van der Waals surface area contributed by atoms with E-state index in [1.807, 2.05) is 0 Å². The highest BCUT2D eigenvalue weighted by Gasteiger charge is 2.08. The van der Waals surface area contributed by atoms with Crippen molar-refractivity contribution in [1.82, 2.24) is 0 Å². The molecule has 3 rings (SSSR count). The number of nitrogens with two attached hydrogens (primary N) is 1. The van der Waals surface area contributed by atoms with Crippen molar-refractivity contribution in [2.45, 2.75) is 19.4 Å². The lowest BCUT2D eigenvalue weighted by Gasteiger charge is -2.11. The molecule has 1 aromatic heterocycles. The lowest BCUT2D eigenvalue weighted by molar-refractivity contribution is 0.699. The van der Waals surface area contributed by atoms with Crippen LogP contribution in [0.5, 0.6) is 0 Å². The van der Waals surface area contributed by atoms with Crippen molar-refractivity contribution >= 4 is 21.4 Å². The first-order valence-electron chi connectivity index (χ1n) is 6.61. The molecule has 0 radical (unpaired) electrons. The number of fused-ring (bicyclic) bond motifs is 1. The van der Waals surface area contributed by atoms with E-state index in [0.717, 1.165) is 6.42 Å². The van der Waals surface area contributed by atoms with Crippen LogP contribution in [-0.2, 0) is 0 Å². The van der Waals surface area contributed by atoms with Crippen LogP contribution in [0.2, 0.25) is 0 Å². The summed E-state index contributed by atoms with van der Waals surface area (Å²) in [5.74, 6) is 0. The van der Waals surface area contributed by atoms with E-state index in [1.54, 1.807) is 11.3 Å². The van der Waals surface area contributed by atoms with E-state index in [-0.39, 0.29) is 6.04 Å². The van der Waals surface area contributed by atoms with Crippen molar-refractivity contribution in [3.8, 4) is 11.1 Å². The maximum atomic E-state index is 6.14. The van der Waals surface area contributed by atoms with Crippen molar-refractivity contribution in [2.75, 3.05) is 0 Å². The third-order valence-corrected chi connectivity index (χ3v) is 4.51. The Hall–Kier alpha value is -1.64. The van der Waals surface area contributed by atoms with Crippen molar-refractivity contribution in [3.63, 3.8) is 0 Å². The van der Waals surface area contributed by atoms with E-state index >= 15 is 0 Å². The summed E-state index contributed by atoms with van der Waals surface area (Å²) in [5, 5.41) is 3.46. The molecule has 0 spiro atoms. The van der Waals surface area contributed by atoms with Crippen LogP contribution >= 0.6 is 11.3 Å². The van der Waals surface area contributed by atoms with Gasteiger partial charge in [-0.1, -0.05) is 43.3 Å². The smallest absolute Gasteiger partial charge is 0.0421 e. The minimum Gasteiger partial charge on any atom is -0.324 e. The first-order chi connectivity index (χ1) is 9.29. The minimum absolute atomic E-state index is 0.127. The molecule has 1 heterocycles. The summed E-state index contributed by atoms with van der Waals surface area (Å²) in [7, 11) is 0. The molecule has 0 saturated carbocycles. The molecular weight excluding hydrogens is 250 g/mol. The first-order valence-corrected chi connectivity index (χ1v) is 7.49. The summed E-state index contributed by atoms with van der Waals surface area (Å²) >= 11 is 1.80. The van der Waals surface area contributed by atoms with Gasteiger partial charge in [0.1, 0.15) is 0 Å². The van der Waals surface area contributed by atoms with Gasteiger partial charge in [0.05, 0.1) is 0 Å². The summed E-state index contributed by atoms with van der Waals surface area (Å²) in [6.45, 7) is 2.12. The van der Waals surface area contributed by atoms with Gasteiger partial charge in [0.15, 0.2) is 0 Å². The highest BCUT2D eigenvalue weighted by atomic mass is 32.1. The van der Waals surface area contributed by atoms with E-state index in [0.29, 0.717) is 0 Å². The molecule has 1 unspecified atom stereocenters. The van der Waals surface area contributed by atoms with Gasteiger partial charge in [-0.15, -0.1) is 11.3 Å². The van der Waals surface area contributed by atoms with E-state index in [2.05, 4.69) is 60.8 Å². The fourth-order valence-corrected chi connectivity index (χ4v) is 3.33. The number of rotatable bonds is 3. The van der Waals surface area contributed by atoms with Crippen LogP contribution in [0.1, 0.15) is 24.9 Å². The van der Waals surface area contributed by atoms with E-state index < -0.39 is 0 Å². The molecule has 0 aliphatic carbocycles. The monoisotopic (exact) mass is 267 g/mol. The van der Waals surface area contributed by atoms with Gasteiger partial charge >= 0.3 is 0 Å². The highest BCUT2D eigenvalue weighted by Crippen LogP contribution is 2.33. The summed E-state index contributed by atoms with van der Waals surface area (Å²) in [6, 6.07) is 17.4. The Morgan fingerprint density at radius 3 is 2.79 bits per heavy atom. The second-order valence-corrected chi connectivity index (χ2v) is 5.70. The number of thiophene rings is 1. The Morgan fingerprint density at radius 2 is 1.95 bits per heavy atom. The Labute approximate surface area is 117 Å². The Kier molecular flexibility index (Phi) is 3.36.